The van der Waals surface area contributed by atoms with Crippen molar-refractivity contribution in [3.63, 3.8) is 0 Å². The van der Waals surface area contributed by atoms with Crippen LogP contribution in [0.5, 0.6) is 5.75 Å². The van der Waals surface area contributed by atoms with Crippen LogP contribution in [0.3, 0.4) is 0 Å². The summed E-state index contributed by atoms with van der Waals surface area (Å²) < 4.78 is 33.3. The molecular weight excluding hydrogens is 366 g/mol. The van der Waals surface area contributed by atoms with Crippen LogP contribution < -0.4 is 4.74 Å². The molecule has 28 heavy (non-hydrogen) atoms. The van der Waals surface area contributed by atoms with Gasteiger partial charge >= 0.3 is 6.09 Å². The minimum Gasteiger partial charge on any atom is -0.490 e. The molecule has 1 N–H and O–H groups in total. The van der Waals surface area contributed by atoms with Gasteiger partial charge in [0.15, 0.2) is 0 Å². The summed E-state index contributed by atoms with van der Waals surface area (Å²) >= 11 is 0. The molecule has 0 aliphatic heterocycles. The molecule has 7 heteroatoms. The van der Waals surface area contributed by atoms with Gasteiger partial charge < -0.3 is 9.84 Å². The minimum atomic E-state index is -0.968. The van der Waals surface area contributed by atoms with E-state index < -0.39 is 23.3 Å². The Morgan fingerprint density at radius 3 is 2.57 bits per heavy atom. The number of hydrogen-bond acceptors (Lipinski definition) is 3. The fraction of sp³-hybridized carbons (Fsp3) is 0.429. The number of ether oxygens (including phenoxy) is 1. The normalized spacial score (nSPS) is 15.2. The summed E-state index contributed by atoms with van der Waals surface area (Å²) in [4.78, 5) is 17.3. The van der Waals surface area contributed by atoms with Crippen molar-refractivity contribution >= 4 is 6.09 Å². The summed E-state index contributed by atoms with van der Waals surface area (Å²) in [6, 6.07) is 4.80. The lowest BCUT2D eigenvalue weighted by Gasteiger charge is -2.34. The summed E-state index contributed by atoms with van der Waals surface area (Å²) in [6.07, 6.45) is 3.39. The minimum absolute atomic E-state index is 0.0963. The number of nitrogens with zero attached hydrogens (tertiary/aromatic N) is 2. The average Bonchev–Trinajstić information content (AvgIpc) is 3.40. The fourth-order valence-electron chi connectivity index (χ4n) is 3.13. The summed E-state index contributed by atoms with van der Waals surface area (Å²) in [5.74, 6) is -0.714. The fourth-order valence-corrected chi connectivity index (χ4v) is 3.13. The quantitative estimate of drug-likeness (QED) is 0.757. The van der Waals surface area contributed by atoms with Crippen molar-refractivity contribution in [2.45, 2.75) is 39.2 Å². The maximum absolute atomic E-state index is 14.0. The number of hydrogen-bond donors (Lipinski definition) is 1. The van der Waals surface area contributed by atoms with Gasteiger partial charge in [-0.05, 0) is 42.5 Å². The van der Waals surface area contributed by atoms with Gasteiger partial charge in [0.2, 0.25) is 0 Å². The maximum atomic E-state index is 14.0. The van der Waals surface area contributed by atoms with Crippen molar-refractivity contribution in [2.24, 2.45) is 5.41 Å². The van der Waals surface area contributed by atoms with Gasteiger partial charge in [-0.15, -0.1) is 0 Å². The lowest BCUT2D eigenvalue weighted by atomic mass is 9.95. The van der Waals surface area contributed by atoms with Crippen LogP contribution in [0.15, 0.2) is 36.7 Å². The van der Waals surface area contributed by atoms with E-state index in [2.05, 4.69) is 4.98 Å². The summed E-state index contributed by atoms with van der Waals surface area (Å²) in [5, 5.41) is 9.64. The number of benzene rings is 1. The van der Waals surface area contributed by atoms with Crippen LogP contribution in [0.4, 0.5) is 13.6 Å². The topological polar surface area (TPSA) is 62.7 Å². The number of rotatable bonds is 6. The molecule has 1 heterocycles. The van der Waals surface area contributed by atoms with Gasteiger partial charge in [0.05, 0.1) is 11.7 Å². The number of halogens is 2. The molecule has 150 valence electrons. The molecule has 0 radical (unpaired) electrons. The van der Waals surface area contributed by atoms with E-state index in [0.717, 1.165) is 31.0 Å². The molecule has 1 aromatic heterocycles. The van der Waals surface area contributed by atoms with E-state index in [1.165, 1.54) is 17.3 Å². The lowest BCUT2D eigenvalue weighted by Crippen LogP contribution is -2.48. The molecule has 1 aliphatic rings. The number of aromatic nitrogens is 1. The van der Waals surface area contributed by atoms with Crippen LogP contribution in [0.2, 0.25) is 0 Å². The first-order valence-electron chi connectivity index (χ1n) is 9.14. The van der Waals surface area contributed by atoms with Crippen LogP contribution in [0.1, 0.15) is 33.6 Å². The van der Waals surface area contributed by atoms with Crippen molar-refractivity contribution in [3.05, 3.63) is 48.3 Å². The third-order valence-corrected chi connectivity index (χ3v) is 4.72. The van der Waals surface area contributed by atoms with E-state index in [9.17, 15) is 18.7 Å². The Hall–Kier alpha value is -2.70. The first kappa shape index (κ1) is 20.0. The average molecular weight is 390 g/mol. The number of amides is 1. The van der Waals surface area contributed by atoms with Crippen molar-refractivity contribution in [1.82, 2.24) is 9.88 Å². The monoisotopic (exact) mass is 390 g/mol. The van der Waals surface area contributed by atoms with Gasteiger partial charge in [0.1, 0.15) is 24.0 Å². The molecule has 1 aliphatic carbocycles. The molecule has 5 nitrogen and oxygen atoms in total. The predicted molar refractivity (Wildman–Crippen MR) is 101 cm³/mol. The highest BCUT2D eigenvalue weighted by Crippen LogP contribution is 2.43. The summed E-state index contributed by atoms with van der Waals surface area (Å²) in [7, 11) is 0. The van der Waals surface area contributed by atoms with Crippen LogP contribution in [-0.4, -0.2) is 39.8 Å². The van der Waals surface area contributed by atoms with Crippen LogP contribution in [0.25, 0.3) is 11.1 Å². The molecule has 1 saturated carbocycles. The van der Waals surface area contributed by atoms with E-state index in [0.29, 0.717) is 17.9 Å². The van der Waals surface area contributed by atoms with E-state index in [1.807, 2.05) is 20.8 Å². The van der Waals surface area contributed by atoms with Gasteiger partial charge in [-0.3, -0.25) is 9.88 Å². The third kappa shape index (κ3) is 4.58. The lowest BCUT2D eigenvalue weighted by molar-refractivity contribution is 0.0719. The van der Waals surface area contributed by atoms with Crippen LogP contribution in [-0.2, 0) is 0 Å². The van der Waals surface area contributed by atoms with E-state index >= 15 is 0 Å². The molecule has 0 bridgehead atoms. The zero-order chi connectivity index (χ0) is 20.5. The van der Waals surface area contributed by atoms with Gasteiger partial charge in [-0.2, -0.15) is 0 Å². The summed E-state index contributed by atoms with van der Waals surface area (Å²) in [5.41, 5.74) is -0.244. The highest BCUT2D eigenvalue weighted by molar-refractivity contribution is 5.67. The highest BCUT2D eigenvalue weighted by Gasteiger charge is 2.52. The Morgan fingerprint density at radius 1 is 1.25 bits per heavy atom. The largest absolute Gasteiger partial charge is 0.490 e. The Kier molecular flexibility index (Phi) is 5.28. The Labute approximate surface area is 163 Å². The highest BCUT2D eigenvalue weighted by atomic mass is 19.1. The molecule has 0 spiro atoms. The van der Waals surface area contributed by atoms with Gasteiger partial charge in [0, 0.05) is 23.9 Å². The Balaban J connectivity index is 1.76. The van der Waals surface area contributed by atoms with E-state index in [4.69, 9.17) is 4.74 Å². The first-order chi connectivity index (χ1) is 13.1. The summed E-state index contributed by atoms with van der Waals surface area (Å²) in [6.45, 7) is 6.55. The van der Waals surface area contributed by atoms with Crippen molar-refractivity contribution in [3.8, 4) is 16.9 Å². The zero-order valence-electron chi connectivity index (χ0n) is 16.2. The maximum Gasteiger partial charge on any atom is 0.407 e. The third-order valence-electron chi connectivity index (χ3n) is 4.72. The molecule has 1 amide bonds. The molecule has 0 unspecified atom stereocenters. The standard InChI is InChI=1S/C21H24F2N2O3/c1-20(2,3)12-25(19(26)27)21(6-7-21)13-28-16-8-14(10-24-11-16)17-9-15(22)4-5-18(17)23/h4-5,8-11H,6-7,12-13H2,1-3H3,(H,26,27). The second-order valence-corrected chi connectivity index (χ2v) is 8.48. The molecule has 2 aromatic rings. The van der Waals surface area contributed by atoms with E-state index in [-0.39, 0.29) is 17.6 Å². The van der Waals surface area contributed by atoms with Crippen molar-refractivity contribution < 1.29 is 23.4 Å². The van der Waals surface area contributed by atoms with Crippen molar-refractivity contribution in [1.29, 1.82) is 0 Å². The SMILES string of the molecule is CC(C)(C)CN(C(=O)O)C1(COc2cncc(-c3cc(F)ccc3F)c2)CC1. The van der Waals surface area contributed by atoms with Gasteiger partial charge in [-0.1, -0.05) is 20.8 Å². The zero-order valence-corrected chi connectivity index (χ0v) is 16.2. The number of carboxylic acid groups (broad SMARTS) is 1. The Bertz CT molecular complexity index is 876. The smallest absolute Gasteiger partial charge is 0.407 e. The molecular formula is C21H24F2N2O3. The molecule has 3 rings (SSSR count). The van der Waals surface area contributed by atoms with Gasteiger partial charge in [0.25, 0.3) is 0 Å². The molecule has 0 atom stereocenters. The predicted octanol–water partition coefficient (Wildman–Crippen LogP) is 4.96. The number of carbonyl (C=O) groups is 1. The molecule has 0 saturated heterocycles. The van der Waals surface area contributed by atoms with Gasteiger partial charge in [-0.25, -0.2) is 13.6 Å². The Morgan fingerprint density at radius 2 is 1.96 bits per heavy atom. The van der Waals surface area contributed by atoms with Crippen LogP contribution >= 0.6 is 0 Å². The second-order valence-electron chi connectivity index (χ2n) is 8.48. The second kappa shape index (κ2) is 7.37. The van der Waals surface area contributed by atoms with Crippen LogP contribution in [0, 0.1) is 17.0 Å². The first-order valence-corrected chi connectivity index (χ1v) is 9.14. The van der Waals surface area contributed by atoms with E-state index in [1.54, 1.807) is 6.07 Å². The molecule has 1 fully saturated rings. The van der Waals surface area contributed by atoms with Crippen molar-refractivity contribution in [2.75, 3.05) is 13.2 Å². The molecule has 1 aromatic carbocycles. The number of pyridine rings is 1.